The van der Waals surface area contributed by atoms with Crippen molar-refractivity contribution in [3.63, 3.8) is 0 Å². The number of hydrogen-bond acceptors (Lipinski definition) is 8. The molecule has 2 heterocycles. The first-order chi connectivity index (χ1) is 17.1. The van der Waals surface area contributed by atoms with Crippen LogP contribution in [0, 0.1) is 0 Å². The highest BCUT2D eigenvalue weighted by Gasteiger charge is 2.43. The number of alkyl halides is 3. The van der Waals surface area contributed by atoms with E-state index in [0.717, 1.165) is 0 Å². The number of carboxylic acid groups (broad SMARTS) is 1. The Morgan fingerprint density at radius 2 is 1.69 bits per heavy atom. The standard InChI is InChI=1S/C24H20F3N5O4/c25-24(26,27)21(16-7-5-14(6-8-16)17-11-30-35-12-17)36-20-10-19(31-23(29)32-20)15-3-1-13(2-4-15)9-18(28)22(33)34/h1-8,10-12,18,21H,9,28H2,(H,33,34)(H2,29,31,32)/t18-,21?/m0/s1. The van der Waals surface area contributed by atoms with Crippen molar-refractivity contribution in [2.75, 3.05) is 5.73 Å². The van der Waals surface area contributed by atoms with E-state index >= 15 is 0 Å². The average Bonchev–Trinajstić information content (AvgIpc) is 3.37. The van der Waals surface area contributed by atoms with E-state index in [1.807, 2.05) is 0 Å². The fraction of sp³-hybridized carbons (Fsp3) is 0.167. The quantitative estimate of drug-likeness (QED) is 0.327. The molecule has 0 radical (unpaired) electrons. The number of carbonyl (C=O) groups is 1. The SMILES string of the molecule is Nc1nc(OC(c2ccc(-c3cnoc3)cc2)C(F)(F)F)cc(-c2ccc(C[C@H](N)C(=O)O)cc2)n1. The van der Waals surface area contributed by atoms with E-state index in [-0.39, 0.29) is 29.5 Å². The van der Waals surface area contributed by atoms with Gasteiger partial charge in [0.05, 0.1) is 11.9 Å². The maximum atomic E-state index is 13.9. The van der Waals surface area contributed by atoms with Gasteiger partial charge in [0.25, 0.3) is 0 Å². The first-order valence-corrected chi connectivity index (χ1v) is 10.6. The molecule has 4 aromatic rings. The number of benzene rings is 2. The summed E-state index contributed by atoms with van der Waals surface area (Å²) in [5, 5.41) is 12.5. The van der Waals surface area contributed by atoms with E-state index in [1.54, 1.807) is 24.3 Å². The molecule has 12 heteroatoms. The molecule has 5 N–H and O–H groups in total. The van der Waals surface area contributed by atoms with Crippen LogP contribution in [-0.2, 0) is 11.2 Å². The highest BCUT2D eigenvalue weighted by molar-refractivity contribution is 5.73. The van der Waals surface area contributed by atoms with Gasteiger partial charge in [-0.25, -0.2) is 4.98 Å². The summed E-state index contributed by atoms with van der Waals surface area (Å²) >= 11 is 0. The largest absolute Gasteiger partial charge is 0.480 e. The van der Waals surface area contributed by atoms with Gasteiger partial charge in [-0.1, -0.05) is 53.7 Å². The highest BCUT2D eigenvalue weighted by atomic mass is 19.4. The van der Waals surface area contributed by atoms with Crippen molar-refractivity contribution in [1.82, 2.24) is 15.1 Å². The number of nitrogens with two attached hydrogens (primary N) is 2. The minimum Gasteiger partial charge on any atom is -0.480 e. The summed E-state index contributed by atoms with van der Waals surface area (Å²) in [6.45, 7) is 0. The van der Waals surface area contributed by atoms with Crippen molar-refractivity contribution in [2.24, 2.45) is 5.73 Å². The molecular weight excluding hydrogens is 479 g/mol. The summed E-state index contributed by atoms with van der Waals surface area (Å²) in [5.74, 6) is -1.76. The second kappa shape index (κ2) is 10.0. The second-order valence-corrected chi connectivity index (χ2v) is 7.87. The number of nitrogen functional groups attached to an aromatic ring is 1. The molecule has 0 aliphatic heterocycles. The van der Waals surface area contributed by atoms with Gasteiger partial charge >= 0.3 is 12.1 Å². The van der Waals surface area contributed by atoms with E-state index in [2.05, 4.69) is 15.1 Å². The molecule has 0 amide bonds. The number of carboxylic acids is 1. The zero-order chi connectivity index (χ0) is 25.9. The van der Waals surface area contributed by atoms with Crippen molar-refractivity contribution >= 4 is 11.9 Å². The van der Waals surface area contributed by atoms with E-state index in [4.69, 9.17) is 25.8 Å². The predicted molar refractivity (Wildman–Crippen MR) is 123 cm³/mol. The summed E-state index contributed by atoms with van der Waals surface area (Å²) in [7, 11) is 0. The molecule has 0 fully saturated rings. The first-order valence-electron chi connectivity index (χ1n) is 10.6. The van der Waals surface area contributed by atoms with Crippen molar-refractivity contribution in [3.05, 3.63) is 78.2 Å². The number of aromatic nitrogens is 3. The minimum atomic E-state index is -4.75. The molecule has 36 heavy (non-hydrogen) atoms. The minimum absolute atomic E-state index is 0.110. The van der Waals surface area contributed by atoms with E-state index < -0.39 is 24.3 Å². The normalized spacial score (nSPS) is 13.2. The van der Waals surface area contributed by atoms with Crippen LogP contribution in [0.4, 0.5) is 19.1 Å². The van der Waals surface area contributed by atoms with E-state index in [9.17, 15) is 18.0 Å². The van der Waals surface area contributed by atoms with Crippen LogP contribution in [0.15, 0.2) is 71.6 Å². The topological polar surface area (TPSA) is 150 Å². The summed E-state index contributed by atoms with van der Waals surface area (Å²) in [5.41, 5.74) is 13.8. The monoisotopic (exact) mass is 499 g/mol. The molecule has 4 rings (SSSR count). The lowest BCUT2D eigenvalue weighted by Gasteiger charge is -2.22. The third-order valence-electron chi connectivity index (χ3n) is 5.26. The van der Waals surface area contributed by atoms with Gasteiger partial charge in [-0.15, -0.1) is 0 Å². The molecule has 0 aliphatic carbocycles. The second-order valence-electron chi connectivity index (χ2n) is 7.87. The summed E-state index contributed by atoms with van der Waals surface area (Å²) in [6.07, 6.45) is -4.12. The summed E-state index contributed by atoms with van der Waals surface area (Å²) < 4.78 is 51.8. The van der Waals surface area contributed by atoms with Gasteiger partial charge in [-0.3, -0.25) is 4.79 Å². The molecule has 2 atom stereocenters. The molecule has 9 nitrogen and oxygen atoms in total. The van der Waals surface area contributed by atoms with Crippen LogP contribution in [0.25, 0.3) is 22.4 Å². The van der Waals surface area contributed by atoms with Gasteiger partial charge in [0, 0.05) is 22.8 Å². The number of ether oxygens (including phenoxy) is 1. The molecule has 0 saturated carbocycles. The van der Waals surface area contributed by atoms with E-state index in [1.165, 1.54) is 42.8 Å². The number of hydrogen-bond donors (Lipinski definition) is 3. The molecular formula is C24H20F3N5O4. The summed E-state index contributed by atoms with van der Waals surface area (Å²) in [4.78, 5) is 18.8. The number of nitrogens with zero attached hydrogens (tertiary/aromatic N) is 3. The maximum Gasteiger partial charge on any atom is 0.429 e. The zero-order valence-corrected chi connectivity index (χ0v) is 18.5. The molecule has 0 saturated heterocycles. The fourth-order valence-electron chi connectivity index (χ4n) is 3.45. The lowest BCUT2D eigenvalue weighted by molar-refractivity contribution is -0.198. The molecule has 0 bridgehead atoms. The van der Waals surface area contributed by atoms with Crippen LogP contribution in [0.3, 0.4) is 0 Å². The van der Waals surface area contributed by atoms with Gasteiger partial charge < -0.3 is 25.8 Å². The molecule has 2 aromatic heterocycles. The molecule has 0 aliphatic rings. The smallest absolute Gasteiger partial charge is 0.429 e. The number of anilines is 1. The lowest BCUT2D eigenvalue weighted by atomic mass is 10.0. The van der Waals surface area contributed by atoms with Crippen molar-refractivity contribution in [2.45, 2.75) is 24.7 Å². The number of aliphatic carboxylic acids is 1. The zero-order valence-electron chi connectivity index (χ0n) is 18.5. The predicted octanol–water partition coefficient (Wildman–Crippen LogP) is 4.02. The van der Waals surface area contributed by atoms with Crippen LogP contribution in [0.2, 0.25) is 0 Å². The fourth-order valence-corrected chi connectivity index (χ4v) is 3.45. The Morgan fingerprint density at radius 1 is 1.03 bits per heavy atom. The van der Waals surface area contributed by atoms with E-state index in [0.29, 0.717) is 22.3 Å². The Kier molecular flexibility index (Phi) is 6.88. The van der Waals surface area contributed by atoms with Crippen LogP contribution in [-0.4, -0.2) is 38.4 Å². The van der Waals surface area contributed by atoms with Crippen LogP contribution < -0.4 is 16.2 Å². The van der Waals surface area contributed by atoms with Crippen LogP contribution in [0.5, 0.6) is 5.88 Å². The number of halogens is 3. The Morgan fingerprint density at radius 3 is 2.28 bits per heavy atom. The van der Waals surface area contributed by atoms with Gasteiger partial charge in [0.15, 0.2) is 0 Å². The first kappa shape index (κ1) is 24.7. The van der Waals surface area contributed by atoms with Crippen LogP contribution >= 0.6 is 0 Å². The third-order valence-corrected chi connectivity index (χ3v) is 5.26. The lowest BCUT2D eigenvalue weighted by Crippen LogP contribution is -2.32. The molecule has 1 unspecified atom stereocenters. The van der Waals surface area contributed by atoms with Crippen LogP contribution in [0.1, 0.15) is 17.2 Å². The third kappa shape index (κ3) is 5.78. The Hall–Kier alpha value is -4.45. The number of rotatable bonds is 8. The van der Waals surface area contributed by atoms with Gasteiger partial charge in [0.2, 0.25) is 17.9 Å². The van der Waals surface area contributed by atoms with Crippen molar-refractivity contribution < 1.29 is 32.3 Å². The van der Waals surface area contributed by atoms with Crippen molar-refractivity contribution in [3.8, 4) is 28.3 Å². The highest BCUT2D eigenvalue weighted by Crippen LogP contribution is 2.38. The average molecular weight is 499 g/mol. The Bertz CT molecular complexity index is 1330. The van der Waals surface area contributed by atoms with Gasteiger partial charge in [-0.2, -0.15) is 18.2 Å². The molecule has 186 valence electrons. The molecule has 0 spiro atoms. The Balaban J connectivity index is 1.58. The van der Waals surface area contributed by atoms with Gasteiger partial charge in [-0.05, 0) is 17.5 Å². The summed E-state index contributed by atoms with van der Waals surface area (Å²) in [6, 6.07) is 12.3. The molecule has 2 aromatic carbocycles. The Labute approximate surface area is 202 Å². The maximum absolute atomic E-state index is 13.9. The van der Waals surface area contributed by atoms with Gasteiger partial charge in [0.1, 0.15) is 12.3 Å². The van der Waals surface area contributed by atoms with Crippen molar-refractivity contribution in [1.29, 1.82) is 0 Å².